The predicted molar refractivity (Wildman–Crippen MR) is 98.5 cm³/mol. The smallest absolute Gasteiger partial charge is 0.253 e. The zero-order chi connectivity index (χ0) is 19.4. The molecular formula is C21H18F2N2O2. The largest absolute Gasteiger partial charge is 0.497 e. The van der Waals surface area contributed by atoms with Crippen molar-refractivity contribution in [2.75, 3.05) is 7.11 Å². The van der Waals surface area contributed by atoms with Crippen LogP contribution in [0.15, 0.2) is 60.8 Å². The number of rotatable bonds is 5. The van der Waals surface area contributed by atoms with E-state index < -0.39 is 17.7 Å². The molecule has 1 amide bonds. The van der Waals surface area contributed by atoms with E-state index in [0.29, 0.717) is 22.6 Å². The summed E-state index contributed by atoms with van der Waals surface area (Å²) < 4.78 is 31.7. The summed E-state index contributed by atoms with van der Waals surface area (Å²) in [5.41, 5.74) is 2.14. The highest BCUT2D eigenvalue weighted by Gasteiger charge is 2.17. The first-order valence-corrected chi connectivity index (χ1v) is 8.35. The summed E-state index contributed by atoms with van der Waals surface area (Å²) in [6, 6.07) is 13.6. The second kappa shape index (κ2) is 7.95. The monoisotopic (exact) mass is 368 g/mol. The molecule has 0 aliphatic heterocycles. The number of carbonyl (C=O) groups is 1. The summed E-state index contributed by atoms with van der Waals surface area (Å²) in [5.74, 6) is -1.53. The van der Waals surface area contributed by atoms with Gasteiger partial charge in [-0.1, -0.05) is 6.07 Å². The van der Waals surface area contributed by atoms with E-state index >= 15 is 0 Å². The molecule has 3 aromatic rings. The molecule has 0 saturated heterocycles. The molecule has 1 unspecified atom stereocenters. The van der Waals surface area contributed by atoms with Crippen LogP contribution >= 0.6 is 0 Å². The molecule has 0 radical (unpaired) electrons. The fraction of sp³-hybridized carbons (Fsp3) is 0.143. The van der Waals surface area contributed by atoms with Crippen molar-refractivity contribution >= 4 is 5.91 Å². The Morgan fingerprint density at radius 2 is 1.81 bits per heavy atom. The van der Waals surface area contributed by atoms with Crippen molar-refractivity contribution < 1.29 is 18.3 Å². The Labute approximate surface area is 155 Å². The second-order valence-electron chi connectivity index (χ2n) is 6.00. The van der Waals surface area contributed by atoms with Crippen LogP contribution in [-0.2, 0) is 0 Å². The van der Waals surface area contributed by atoms with Gasteiger partial charge in [0, 0.05) is 11.8 Å². The van der Waals surface area contributed by atoms with Crippen LogP contribution in [-0.4, -0.2) is 18.0 Å². The number of hydrogen-bond acceptors (Lipinski definition) is 3. The van der Waals surface area contributed by atoms with Gasteiger partial charge < -0.3 is 10.1 Å². The minimum Gasteiger partial charge on any atom is -0.497 e. The average Bonchev–Trinajstić information content (AvgIpc) is 2.70. The molecule has 1 heterocycles. The number of benzene rings is 2. The number of pyridine rings is 1. The van der Waals surface area contributed by atoms with Crippen molar-refractivity contribution in [3.8, 4) is 17.0 Å². The fourth-order valence-electron chi connectivity index (χ4n) is 2.71. The van der Waals surface area contributed by atoms with Gasteiger partial charge in [-0.15, -0.1) is 0 Å². The van der Waals surface area contributed by atoms with E-state index in [-0.39, 0.29) is 5.91 Å². The van der Waals surface area contributed by atoms with Crippen LogP contribution in [0.4, 0.5) is 8.78 Å². The van der Waals surface area contributed by atoms with Crippen LogP contribution in [0, 0.1) is 11.6 Å². The van der Waals surface area contributed by atoms with Gasteiger partial charge in [0.2, 0.25) is 0 Å². The molecule has 138 valence electrons. The summed E-state index contributed by atoms with van der Waals surface area (Å²) in [6.07, 6.45) is 1.61. The molecule has 0 saturated carbocycles. The standard InChI is InChI=1S/C21H18F2N2O2/c1-13(15-7-10-18(22)19(23)12-15)25-21(26)17-4-3-11-24-20(17)14-5-8-16(27-2)9-6-14/h3-13H,1-2H3,(H,25,26). The van der Waals surface area contributed by atoms with Crippen molar-refractivity contribution in [2.45, 2.75) is 13.0 Å². The van der Waals surface area contributed by atoms with Crippen LogP contribution in [0.5, 0.6) is 5.75 Å². The SMILES string of the molecule is COc1ccc(-c2ncccc2C(=O)NC(C)c2ccc(F)c(F)c2)cc1. The van der Waals surface area contributed by atoms with Gasteiger partial charge >= 0.3 is 0 Å². The summed E-state index contributed by atoms with van der Waals surface area (Å²) >= 11 is 0. The fourth-order valence-corrected chi connectivity index (χ4v) is 2.71. The van der Waals surface area contributed by atoms with E-state index in [1.54, 1.807) is 44.5 Å². The zero-order valence-electron chi connectivity index (χ0n) is 14.9. The lowest BCUT2D eigenvalue weighted by atomic mass is 10.0. The van der Waals surface area contributed by atoms with Crippen molar-refractivity contribution in [1.29, 1.82) is 0 Å². The molecule has 1 aromatic heterocycles. The normalized spacial score (nSPS) is 11.7. The highest BCUT2D eigenvalue weighted by molar-refractivity contribution is 6.00. The average molecular weight is 368 g/mol. The molecule has 27 heavy (non-hydrogen) atoms. The number of amides is 1. The Hall–Kier alpha value is -3.28. The van der Waals surface area contributed by atoms with E-state index in [1.807, 2.05) is 12.1 Å². The van der Waals surface area contributed by atoms with Crippen LogP contribution in [0.3, 0.4) is 0 Å². The lowest BCUT2D eigenvalue weighted by molar-refractivity contribution is 0.0940. The van der Waals surface area contributed by atoms with Gasteiger partial charge in [-0.3, -0.25) is 9.78 Å². The molecule has 0 aliphatic carbocycles. The number of carbonyl (C=O) groups excluding carboxylic acids is 1. The Morgan fingerprint density at radius 1 is 1.07 bits per heavy atom. The van der Waals surface area contributed by atoms with Crippen LogP contribution in [0.25, 0.3) is 11.3 Å². The third kappa shape index (κ3) is 4.11. The van der Waals surface area contributed by atoms with Gasteiger partial charge in [-0.2, -0.15) is 0 Å². The first-order chi connectivity index (χ1) is 13.0. The van der Waals surface area contributed by atoms with E-state index in [9.17, 15) is 13.6 Å². The first-order valence-electron chi connectivity index (χ1n) is 8.35. The molecule has 0 spiro atoms. The summed E-state index contributed by atoms with van der Waals surface area (Å²) in [6.45, 7) is 1.70. The Morgan fingerprint density at radius 3 is 2.48 bits per heavy atom. The van der Waals surface area contributed by atoms with Gasteiger partial charge in [0.15, 0.2) is 11.6 Å². The van der Waals surface area contributed by atoms with Crippen LogP contribution < -0.4 is 10.1 Å². The lowest BCUT2D eigenvalue weighted by Gasteiger charge is -2.16. The minimum atomic E-state index is -0.950. The summed E-state index contributed by atoms with van der Waals surface area (Å²) in [5, 5.41) is 2.80. The molecule has 3 rings (SSSR count). The molecule has 6 heteroatoms. The first kappa shape index (κ1) is 18.5. The Balaban J connectivity index is 1.85. The maximum Gasteiger partial charge on any atom is 0.253 e. The molecule has 4 nitrogen and oxygen atoms in total. The molecular weight excluding hydrogens is 350 g/mol. The summed E-state index contributed by atoms with van der Waals surface area (Å²) in [4.78, 5) is 17.1. The Kier molecular flexibility index (Phi) is 5.45. The maximum atomic E-state index is 13.4. The molecule has 0 fully saturated rings. The van der Waals surface area contributed by atoms with Crippen LogP contribution in [0.1, 0.15) is 28.9 Å². The zero-order valence-corrected chi connectivity index (χ0v) is 14.9. The molecule has 0 bridgehead atoms. The van der Waals surface area contributed by atoms with Gasteiger partial charge in [-0.05, 0) is 61.0 Å². The van der Waals surface area contributed by atoms with E-state index in [1.165, 1.54) is 6.07 Å². The van der Waals surface area contributed by atoms with E-state index in [0.717, 1.165) is 17.7 Å². The second-order valence-corrected chi connectivity index (χ2v) is 6.00. The van der Waals surface area contributed by atoms with Crippen molar-refractivity contribution in [2.24, 2.45) is 0 Å². The number of ether oxygens (including phenoxy) is 1. The number of nitrogens with one attached hydrogen (secondary N) is 1. The number of methoxy groups -OCH3 is 1. The van der Waals surface area contributed by atoms with Gasteiger partial charge in [0.05, 0.1) is 24.4 Å². The third-order valence-corrected chi connectivity index (χ3v) is 4.21. The molecule has 2 aromatic carbocycles. The van der Waals surface area contributed by atoms with Gasteiger partial charge in [-0.25, -0.2) is 8.78 Å². The number of halogens is 2. The third-order valence-electron chi connectivity index (χ3n) is 4.21. The van der Waals surface area contributed by atoms with Crippen molar-refractivity contribution in [3.63, 3.8) is 0 Å². The highest BCUT2D eigenvalue weighted by Crippen LogP contribution is 2.24. The van der Waals surface area contributed by atoms with Crippen molar-refractivity contribution in [3.05, 3.63) is 83.6 Å². The molecule has 1 N–H and O–H groups in total. The van der Waals surface area contributed by atoms with E-state index in [2.05, 4.69) is 10.3 Å². The topological polar surface area (TPSA) is 51.2 Å². The molecule has 0 aliphatic rings. The maximum absolute atomic E-state index is 13.4. The predicted octanol–water partition coefficient (Wildman–Crippen LogP) is 4.53. The minimum absolute atomic E-state index is 0.355. The number of hydrogen-bond donors (Lipinski definition) is 1. The quantitative estimate of drug-likeness (QED) is 0.720. The van der Waals surface area contributed by atoms with Crippen LogP contribution in [0.2, 0.25) is 0 Å². The highest BCUT2D eigenvalue weighted by atomic mass is 19.2. The van der Waals surface area contributed by atoms with Gasteiger partial charge in [0.1, 0.15) is 5.75 Å². The number of aromatic nitrogens is 1. The number of nitrogens with zero attached hydrogens (tertiary/aromatic N) is 1. The summed E-state index contributed by atoms with van der Waals surface area (Å²) in [7, 11) is 1.58. The molecule has 1 atom stereocenters. The van der Waals surface area contributed by atoms with E-state index in [4.69, 9.17) is 4.74 Å². The Bertz CT molecular complexity index is 959. The van der Waals surface area contributed by atoms with Gasteiger partial charge in [0.25, 0.3) is 5.91 Å². The van der Waals surface area contributed by atoms with Crippen molar-refractivity contribution in [1.82, 2.24) is 10.3 Å². The lowest BCUT2D eigenvalue weighted by Crippen LogP contribution is -2.27.